The molecule has 3 heterocycles. The van der Waals surface area contributed by atoms with Crippen LogP contribution < -0.4 is 10.2 Å². The van der Waals surface area contributed by atoms with Gasteiger partial charge in [0.1, 0.15) is 5.82 Å². The van der Waals surface area contributed by atoms with Crippen molar-refractivity contribution in [3.05, 3.63) is 53.0 Å². The van der Waals surface area contributed by atoms with Gasteiger partial charge in [-0.05, 0) is 63.4 Å². The molecule has 8 heteroatoms. The number of hydrogen-bond donors (Lipinski definition) is 1. The molecule has 1 aromatic heterocycles. The van der Waals surface area contributed by atoms with Gasteiger partial charge in [0, 0.05) is 37.9 Å². The number of nitrogens with zero attached hydrogens (tertiary/aromatic N) is 4. The van der Waals surface area contributed by atoms with E-state index in [-0.39, 0.29) is 30.7 Å². The van der Waals surface area contributed by atoms with Gasteiger partial charge in [-0.3, -0.25) is 9.78 Å². The largest absolute Gasteiger partial charge is 0.352 e. The predicted molar refractivity (Wildman–Crippen MR) is 125 cm³/mol. The molecule has 0 spiro atoms. The zero-order valence-corrected chi connectivity index (χ0v) is 19.3. The Labute approximate surface area is 191 Å². The molecule has 2 fully saturated rings. The number of halogens is 2. The summed E-state index contributed by atoms with van der Waals surface area (Å²) in [6, 6.07) is 8.21. The van der Waals surface area contributed by atoms with Gasteiger partial charge in [-0.25, -0.2) is 4.98 Å². The first-order valence-corrected chi connectivity index (χ1v) is 10.2. The molecule has 0 radical (unpaired) electrons. The van der Waals surface area contributed by atoms with Crippen LogP contribution in [0.4, 0.5) is 5.82 Å². The van der Waals surface area contributed by atoms with Crippen LogP contribution in [0.5, 0.6) is 0 Å². The highest BCUT2D eigenvalue weighted by Gasteiger charge is 2.24. The molecule has 1 amide bonds. The number of benzene rings is 1. The van der Waals surface area contributed by atoms with E-state index in [0.717, 1.165) is 61.3 Å². The molecule has 1 atom stereocenters. The first kappa shape index (κ1) is 24.4. The summed E-state index contributed by atoms with van der Waals surface area (Å²) in [4.78, 5) is 26.1. The van der Waals surface area contributed by atoms with Crippen LogP contribution in [-0.2, 0) is 6.42 Å². The Morgan fingerprint density at radius 1 is 1.10 bits per heavy atom. The molecule has 30 heavy (non-hydrogen) atoms. The summed E-state index contributed by atoms with van der Waals surface area (Å²) >= 11 is 0. The number of aromatic nitrogens is 2. The first-order chi connectivity index (χ1) is 13.6. The van der Waals surface area contributed by atoms with E-state index in [1.165, 1.54) is 12.0 Å². The first-order valence-electron chi connectivity index (χ1n) is 10.2. The van der Waals surface area contributed by atoms with E-state index in [4.69, 9.17) is 0 Å². The van der Waals surface area contributed by atoms with Crippen molar-refractivity contribution in [3.8, 4) is 0 Å². The zero-order valence-electron chi connectivity index (χ0n) is 17.6. The van der Waals surface area contributed by atoms with Gasteiger partial charge in [-0.1, -0.05) is 12.1 Å². The van der Waals surface area contributed by atoms with Gasteiger partial charge in [0.2, 0.25) is 0 Å². The molecule has 0 saturated carbocycles. The maximum atomic E-state index is 12.9. The SMILES string of the molecule is Cc1cnc(C)c(N2CCN(C(=O)c3ccc(CC4CCNC4)cc3)CC2)n1.Cl.Cl. The fraction of sp³-hybridized carbons (Fsp3) is 0.500. The molecule has 2 saturated heterocycles. The van der Waals surface area contributed by atoms with Crippen molar-refractivity contribution in [2.75, 3.05) is 44.2 Å². The van der Waals surface area contributed by atoms with E-state index in [0.29, 0.717) is 13.1 Å². The fourth-order valence-electron chi connectivity index (χ4n) is 4.13. The second-order valence-electron chi connectivity index (χ2n) is 7.96. The summed E-state index contributed by atoms with van der Waals surface area (Å²) in [7, 11) is 0. The average Bonchev–Trinajstić information content (AvgIpc) is 3.23. The van der Waals surface area contributed by atoms with Crippen LogP contribution in [0.3, 0.4) is 0 Å². The Morgan fingerprint density at radius 3 is 2.43 bits per heavy atom. The molecule has 0 aliphatic carbocycles. The van der Waals surface area contributed by atoms with Crippen molar-refractivity contribution in [1.29, 1.82) is 0 Å². The van der Waals surface area contributed by atoms with E-state index < -0.39 is 0 Å². The van der Waals surface area contributed by atoms with Gasteiger partial charge >= 0.3 is 0 Å². The summed E-state index contributed by atoms with van der Waals surface area (Å²) in [6.45, 7) is 9.18. The number of carbonyl (C=O) groups excluding carboxylic acids is 1. The topological polar surface area (TPSA) is 61.4 Å². The number of amides is 1. The summed E-state index contributed by atoms with van der Waals surface area (Å²) in [6.07, 6.45) is 4.14. The lowest BCUT2D eigenvalue weighted by atomic mass is 9.98. The minimum atomic E-state index is 0. The molecule has 4 rings (SSSR count). The van der Waals surface area contributed by atoms with Crippen LogP contribution >= 0.6 is 24.8 Å². The van der Waals surface area contributed by atoms with E-state index in [2.05, 4.69) is 32.3 Å². The Kier molecular flexibility index (Phi) is 8.89. The number of carbonyl (C=O) groups is 1. The van der Waals surface area contributed by atoms with Gasteiger partial charge < -0.3 is 15.1 Å². The van der Waals surface area contributed by atoms with Crippen LogP contribution in [0.25, 0.3) is 0 Å². The third kappa shape index (κ3) is 5.62. The Hall–Kier alpha value is -1.89. The van der Waals surface area contributed by atoms with E-state index in [9.17, 15) is 4.79 Å². The molecular formula is C22H31Cl2N5O. The highest BCUT2D eigenvalue weighted by atomic mass is 35.5. The van der Waals surface area contributed by atoms with E-state index >= 15 is 0 Å². The monoisotopic (exact) mass is 451 g/mol. The number of rotatable bonds is 4. The summed E-state index contributed by atoms with van der Waals surface area (Å²) in [5, 5.41) is 3.41. The van der Waals surface area contributed by atoms with Gasteiger partial charge in [0.15, 0.2) is 0 Å². The van der Waals surface area contributed by atoms with Crippen LogP contribution in [0.2, 0.25) is 0 Å². The van der Waals surface area contributed by atoms with Gasteiger partial charge in [0.05, 0.1) is 11.4 Å². The molecule has 164 valence electrons. The van der Waals surface area contributed by atoms with Crippen LogP contribution in [0.1, 0.15) is 33.7 Å². The lowest BCUT2D eigenvalue weighted by molar-refractivity contribution is 0.0746. The van der Waals surface area contributed by atoms with Crippen molar-refractivity contribution in [2.24, 2.45) is 5.92 Å². The maximum absolute atomic E-state index is 12.9. The highest BCUT2D eigenvalue weighted by Crippen LogP contribution is 2.19. The number of anilines is 1. The summed E-state index contributed by atoms with van der Waals surface area (Å²) < 4.78 is 0. The van der Waals surface area contributed by atoms with Crippen molar-refractivity contribution in [2.45, 2.75) is 26.7 Å². The molecule has 2 aliphatic heterocycles. The number of nitrogens with one attached hydrogen (secondary N) is 1. The second kappa shape index (κ2) is 10.9. The van der Waals surface area contributed by atoms with E-state index in [1.807, 2.05) is 30.9 Å². The van der Waals surface area contributed by atoms with Gasteiger partial charge in [-0.15, -0.1) is 24.8 Å². The Morgan fingerprint density at radius 2 is 1.80 bits per heavy atom. The second-order valence-corrected chi connectivity index (χ2v) is 7.96. The molecule has 2 aliphatic rings. The standard InChI is InChI=1S/C22H29N5O.2ClH/c1-16-14-24-17(2)21(25-16)26-9-11-27(12-10-26)22(28)20-5-3-18(4-6-20)13-19-7-8-23-15-19;;/h3-6,14,19,23H,7-13,15H2,1-2H3;2*1H. The van der Waals surface area contributed by atoms with Crippen molar-refractivity contribution in [3.63, 3.8) is 0 Å². The smallest absolute Gasteiger partial charge is 0.253 e. The molecule has 1 unspecified atom stereocenters. The van der Waals surface area contributed by atoms with Crippen LogP contribution in [0.15, 0.2) is 30.5 Å². The highest BCUT2D eigenvalue weighted by molar-refractivity contribution is 5.94. The molecule has 2 aromatic rings. The summed E-state index contributed by atoms with van der Waals surface area (Å²) in [5.41, 5.74) is 3.97. The lowest BCUT2D eigenvalue weighted by Gasteiger charge is -2.36. The molecular weight excluding hydrogens is 421 g/mol. The molecule has 1 N–H and O–H groups in total. The normalized spacial score (nSPS) is 18.5. The van der Waals surface area contributed by atoms with Crippen LogP contribution in [-0.4, -0.2) is 60.0 Å². The van der Waals surface area contributed by atoms with Gasteiger partial charge in [-0.2, -0.15) is 0 Å². The quantitative estimate of drug-likeness (QED) is 0.773. The Bertz CT molecular complexity index is 832. The molecule has 1 aromatic carbocycles. The predicted octanol–water partition coefficient (Wildman–Crippen LogP) is 3.05. The van der Waals surface area contributed by atoms with Gasteiger partial charge in [0.25, 0.3) is 5.91 Å². The third-order valence-electron chi connectivity index (χ3n) is 5.80. The fourth-order valence-corrected chi connectivity index (χ4v) is 4.13. The van der Waals surface area contributed by atoms with Crippen LogP contribution in [0, 0.1) is 19.8 Å². The number of piperazine rings is 1. The van der Waals surface area contributed by atoms with Crippen molar-refractivity contribution >= 4 is 36.5 Å². The van der Waals surface area contributed by atoms with Crippen molar-refractivity contribution < 1.29 is 4.79 Å². The lowest BCUT2D eigenvalue weighted by Crippen LogP contribution is -2.49. The van der Waals surface area contributed by atoms with Crippen molar-refractivity contribution in [1.82, 2.24) is 20.2 Å². The molecule has 0 bridgehead atoms. The molecule has 6 nitrogen and oxygen atoms in total. The summed E-state index contributed by atoms with van der Waals surface area (Å²) in [5.74, 6) is 1.79. The van der Waals surface area contributed by atoms with E-state index in [1.54, 1.807) is 6.20 Å². The Balaban J connectivity index is 0.00000160. The average molecular weight is 452 g/mol. The maximum Gasteiger partial charge on any atom is 0.253 e. The third-order valence-corrected chi connectivity index (χ3v) is 5.80. The minimum Gasteiger partial charge on any atom is -0.352 e. The minimum absolute atomic E-state index is 0. The number of hydrogen-bond acceptors (Lipinski definition) is 5. The zero-order chi connectivity index (χ0) is 19.5. The number of aryl methyl sites for hydroxylation is 2.